The highest BCUT2D eigenvalue weighted by Gasteiger charge is 2.46. The first-order valence-electron chi connectivity index (χ1n) is 6.85. The average Bonchev–Trinajstić information content (AvgIpc) is 2.30. The third-order valence-electron chi connectivity index (χ3n) is 4.92. The van der Waals surface area contributed by atoms with Gasteiger partial charge in [-0.2, -0.15) is 0 Å². The van der Waals surface area contributed by atoms with E-state index in [-0.39, 0.29) is 0 Å². The molecule has 0 amide bonds. The highest BCUT2D eigenvalue weighted by atomic mass is 32.2. The molecule has 2 heteroatoms. The van der Waals surface area contributed by atoms with Crippen LogP contribution in [0.3, 0.4) is 0 Å². The second-order valence-corrected chi connectivity index (χ2v) is 7.22. The first-order valence-corrected chi connectivity index (χ1v) is 7.79. The summed E-state index contributed by atoms with van der Waals surface area (Å²) in [7, 11) is 2.49. The largest absolute Gasteiger partial charge is 0.331 e. The number of hydrogen-bond acceptors (Lipinski definition) is 1. The van der Waals surface area contributed by atoms with Crippen molar-refractivity contribution in [2.75, 3.05) is 7.05 Å². The molecular weight excluding hydrogens is 202 g/mol. The number of thioether (sulfide) groups is 1. The lowest BCUT2D eigenvalue weighted by Gasteiger charge is -2.48. The molecule has 1 N–H and O–H groups in total. The van der Waals surface area contributed by atoms with Crippen molar-refractivity contribution >= 4 is 11.8 Å². The number of nitrogens with one attached hydrogen (secondary N) is 1. The fourth-order valence-electron chi connectivity index (χ4n) is 4.06. The van der Waals surface area contributed by atoms with Crippen molar-refractivity contribution in [1.29, 1.82) is 0 Å². The fraction of sp³-hybridized carbons (Fsp3) is 1.00. The molecule has 0 bridgehead atoms. The number of hydrogen-bond donors (Lipinski definition) is 1. The molecule has 1 saturated heterocycles. The van der Waals surface area contributed by atoms with Crippen molar-refractivity contribution in [2.45, 2.75) is 74.0 Å². The van der Waals surface area contributed by atoms with Crippen molar-refractivity contribution < 1.29 is 4.90 Å². The molecule has 1 heterocycles. The first-order chi connectivity index (χ1) is 7.36. The minimum absolute atomic E-state index is 1.00. The van der Waals surface area contributed by atoms with E-state index in [0.29, 0.717) is 0 Å². The maximum atomic E-state index is 2.49. The lowest BCUT2D eigenvalue weighted by atomic mass is 9.88. The molecule has 0 radical (unpaired) electrons. The van der Waals surface area contributed by atoms with Crippen LogP contribution in [-0.2, 0) is 0 Å². The van der Waals surface area contributed by atoms with Crippen LogP contribution in [0.5, 0.6) is 0 Å². The van der Waals surface area contributed by atoms with Gasteiger partial charge in [0, 0.05) is 12.8 Å². The van der Waals surface area contributed by atoms with Crippen LogP contribution in [0.25, 0.3) is 0 Å². The summed E-state index contributed by atoms with van der Waals surface area (Å²) >= 11 is 2.38. The van der Waals surface area contributed by atoms with Crippen LogP contribution in [0.1, 0.15) is 51.4 Å². The minimum atomic E-state index is 1.00. The average molecular weight is 226 g/mol. The zero-order valence-electron chi connectivity index (χ0n) is 9.87. The van der Waals surface area contributed by atoms with Gasteiger partial charge in [0.25, 0.3) is 0 Å². The molecule has 2 saturated carbocycles. The molecule has 1 unspecified atom stereocenters. The topological polar surface area (TPSA) is 4.44 Å². The zero-order chi connectivity index (χ0) is 10.3. The zero-order valence-corrected chi connectivity index (χ0v) is 10.7. The maximum Gasteiger partial charge on any atom is 0.0995 e. The normalized spacial score (nSPS) is 50.6. The molecule has 3 fully saturated rings. The molecule has 15 heavy (non-hydrogen) atoms. The number of quaternary nitrogens is 1. The predicted octanol–water partition coefficient (Wildman–Crippen LogP) is 1.87. The SMILES string of the molecule is C[NH+]1[C@@H]2CCCC[C@@H]2S[C@H]2CCCC[C@@H]21. The van der Waals surface area contributed by atoms with Gasteiger partial charge in [0.15, 0.2) is 0 Å². The first kappa shape index (κ1) is 10.5. The third kappa shape index (κ3) is 1.84. The third-order valence-corrected chi connectivity index (χ3v) is 6.75. The van der Waals surface area contributed by atoms with Gasteiger partial charge >= 0.3 is 0 Å². The van der Waals surface area contributed by atoms with E-state index < -0.39 is 0 Å². The molecular formula is C13H24NS+. The predicted molar refractivity (Wildman–Crippen MR) is 66.6 cm³/mol. The summed E-state index contributed by atoms with van der Waals surface area (Å²) in [5, 5.41) is 2.02. The monoisotopic (exact) mass is 226 g/mol. The smallest absolute Gasteiger partial charge is 0.0995 e. The Labute approximate surface area is 98.0 Å². The Morgan fingerprint density at radius 1 is 0.800 bits per heavy atom. The molecule has 5 atom stereocenters. The highest BCUT2D eigenvalue weighted by molar-refractivity contribution is 8.00. The molecule has 0 aromatic heterocycles. The Morgan fingerprint density at radius 3 is 1.80 bits per heavy atom. The molecule has 3 aliphatic rings. The van der Waals surface area contributed by atoms with Gasteiger partial charge in [-0.05, 0) is 25.7 Å². The lowest BCUT2D eigenvalue weighted by molar-refractivity contribution is -0.933. The Hall–Kier alpha value is 0.310. The van der Waals surface area contributed by atoms with Crippen molar-refractivity contribution in [2.24, 2.45) is 0 Å². The van der Waals surface area contributed by atoms with Crippen molar-refractivity contribution in [3.8, 4) is 0 Å². The van der Waals surface area contributed by atoms with E-state index in [4.69, 9.17) is 0 Å². The number of rotatable bonds is 0. The summed E-state index contributed by atoms with van der Waals surface area (Å²) in [5.74, 6) is 0. The summed E-state index contributed by atoms with van der Waals surface area (Å²) < 4.78 is 0. The van der Waals surface area contributed by atoms with Crippen LogP contribution in [0.4, 0.5) is 0 Å². The quantitative estimate of drug-likeness (QED) is 0.661. The minimum Gasteiger partial charge on any atom is -0.331 e. The van der Waals surface area contributed by atoms with Crippen LogP contribution in [0, 0.1) is 0 Å². The second-order valence-electron chi connectivity index (χ2n) is 5.74. The van der Waals surface area contributed by atoms with Crippen molar-refractivity contribution in [3.63, 3.8) is 0 Å². The molecule has 1 aliphatic heterocycles. The van der Waals surface area contributed by atoms with E-state index in [1.165, 1.54) is 51.4 Å². The Kier molecular flexibility index (Phi) is 2.99. The fourth-order valence-corrected chi connectivity index (χ4v) is 6.20. The van der Waals surface area contributed by atoms with Gasteiger partial charge in [-0.1, -0.05) is 12.8 Å². The molecule has 3 rings (SSSR count). The Balaban J connectivity index is 1.76. The molecule has 1 nitrogen and oxygen atoms in total. The van der Waals surface area contributed by atoms with Gasteiger partial charge in [0.2, 0.25) is 0 Å². The van der Waals surface area contributed by atoms with E-state index in [2.05, 4.69) is 18.8 Å². The standard InChI is InChI=1S/C13H23NS/c1-14-10-6-2-4-8-12(10)15-13-9-5-3-7-11(13)14/h10-13H,2-9H2,1H3/p+1/t10-,11+,12-,13-/m0/s1. The van der Waals surface area contributed by atoms with E-state index in [1.807, 2.05) is 4.90 Å². The van der Waals surface area contributed by atoms with Crippen molar-refractivity contribution in [1.82, 2.24) is 0 Å². The van der Waals surface area contributed by atoms with Crippen LogP contribution in [0.15, 0.2) is 0 Å². The Morgan fingerprint density at radius 2 is 1.27 bits per heavy atom. The van der Waals surface area contributed by atoms with E-state index in [9.17, 15) is 0 Å². The maximum absolute atomic E-state index is 2.49. The van der Waals surface area contributed by atoms with Crippen LogP contribution >= 0.6 is 11.8 Å². The van der Waals surface area contributed by atoms with E-state index in [1.54, 1.807) is 0 Å². The second kappa shape index (κ2) is 4.29. The van der Waals surface area contributed by atoms with Gasteiger partial charge in [0.1, 0.15) is 0 Å². The molecule has 0 aromatic carbocycles. The highest BCUT2D eigenvalue weighted by Crippen LogP contribution is 2.39. The lowest BCUT2D eigenvalue weighted by Crippen LogP contribution is -3.20. The summed E-state index contributed by atoms with van der Waals surface area (Å²) in [6, 6.07) is 2.01. The molecule has 2 aliphatic carbocycles. The van der Waals surface area contributed by atoms with Gasteiger partial charge < -0.3 is 4.90 Å². The van der Waals surface area contributed by atoms with E-state index in [0.717, 1.165) is 22.6 Å². The molecule has 86 valence electrons. The van der Waals surface area contributed by atoms with Gasteiger partial charge in [-0.3, -0.25) is 0 Å². The Bertz CT molecular complexity index is 209. The van der Waals surface area contributed by atoms with Gasteiger partial charge in [0.05, 0.1) is 29.6 Å². The summed E-state index contributed by atoms with van der Waals surface area (Å²) in [6.45, 7) is 0. The van der Waals surface area contributed by atoms with Gasteiger partial charge in [-0.15, -0.1) is 11.8 Å². The van der Waals surface area contributed by atoms with Crippen LogP contribution in [0.2, 0.25) is 0 Å². The summed E-state index contributed by atoms with van der Waals surface area (Å²) in [6.07, 6.45) is 12.0. The van der Waals surface area contributed by atoms with Crippen LogP contribution < -0.4 is 4.90 Å². The summed E-state index contributed by atoms with van der Waals surface area (Å²) in [4.78, 5) is 1.91. The van der Waals surface area contributed by atoms with Crippen molar-refractivity contribution in [3.05, 3.63) is 0 Å². The molecule has 0 aromatic rings. The van der Waals surface area contributed by atoms with Crippen LogP contribution in [-0.4, -0.2) is 29.6 Å². The number of fused-ring (bicyclic) bond motifs is 2. The summed E-state index contributed by atoms with van der Waals surface area (Å²) in [5.41, 5.74) is 0. The van der Waals surface area contributed by atoms with E-state index >= 15 is 0 Å². The van der Waals surface area contributed by atoms with Gasteiger partial charge in [-0.25, -0.2) is 0 Å². The molecule has 0 spiro atoms.